The van der Waals surface area contributed by atoms with Gasteiger partial charge in [0.25, 0.3) is 0 Å². The smallest absolute Gasteiger partial charge is 0.0495 e. The van der Waals surface area contributed by atoms with Crippen LogP contribution in [-0.4, -0.2) is 23.4 Å². The Morgan fingerprint density at radius 2 is 0.667 bits per heavy atom. The third kappa shape index (κ3) is 1.71. The zero-order chi connectivity index (χ0) is 16.4. The summed E-state index contributed by atoms with van der Waals surface area (Å²) < 4.78 is 0. The molecule has 0 saturated heterocycles. The second-order valence-electron chi connectivity index (χ2n) is 10.0. The Hall–Kier alpha value is -0.0800. The number of aliphatic hydroxyl groups excluding tert-OH is 2. The zero-order valence-corrected chi connectivity index (χ0v) is 15.3. The van der Waals surface area contributed by atoms with E-state index in [1.54, 1.807) is 0 Å². The molecule has 2 nitrogen and oxygen atoms in total. The summed E-state index contributed by atoms with van der Waals surface area (Å²) in [5.74, 6) is 4.26. The molecule has 2 bridgehead atoms. The number of hydrogen-bond acceptors (Lipinski definition) is 2. The molecule has 6 saturated carbocycles. The molecule has 6 atom stereocenters. The lowest BCUT2D eigenvalue weighted by atomic mass is 9.27. The molecule has 136 valence electrons. The van der Waals surface area contributed by atoms with Crippen molar-refractivity contribution in [2.45, 2.75) is 77.0 Å². The molecule has 0 heterocycles. The topological polar surface area (TPSA) is 40.5 Å². The van der Waals surface area contributed by atoms with Gasteiger partial charge in [-0.25, -0.2) is 0 Å². The summed E-state index contributed by atoms with van der Waals surface area (Å²) in [4.78, 5) is 0. The minimum Gasteiger partial charge on any atom is -0.396 e. The molecule has 2 heteroatoms. The average molecular weight is 333 g/mol. The summed E-state index contributed by atoms with van der Waals surface area (Å²) >= 11 is 0. The van der Waals surface area contributed by atoms with Gasteiger partial charge in [0, 0.05) is 24.0 Å². The monoisotopic (exact) mass is 332 g/mol. The van der Waals surface area contributed by atoms with Crippen molar-refractivity contribution in [2.24, 2.45) is 46.3 Å². The number of aliphatic hydroxyl groups is 2. The van der Waals surface area contributed by atoms with Crippen LogP contribution in [0.5, 0.6) is 0 Å². The van der Waals surface area contributed by atoms with Crippen molar-refractivity contribution in [1.82, 2.24) is 0 Å². The van der Waals surface area contributed by atoms with Crippen LogP contribution in [0, 0.1) is 46.3 Å². The number of hydrogen-bond donors (Lipinski definition) is 2. The van der Waals surface area contributed by atoms with Crippen molar-refractivity contribution in [2.75, 3.05) is 13.2 Å². The van der Waals surface area contributed by atoms with Crippen LogP contribution in [0.4, 0.5) is 0 Å². The van der Waals surface area contributed by atoms with E-state index in [1.165, 1.54) is 77.0 Å². The van der Waals surface area contributed by atoms with Crippen molar-refractivity contribution < 1.29 is 10.2 Å². The lowest BCUT2D eigenvalue weighted by Gasteiger charge is -2.77. The molecule has 6 fully saturated rings. The van der Waals surface area contributed by atoms with Crippen LogP contribution in [0.3, 0.4) is 0 Å². The van der Waals surface area contributed by atoms with Gasteiger partial charge in [-0.15, -0.1) is 0 Å². The van der Waals surface area contributed by atoms with Crippen molar-refractivity contribution >= 4 is 0 Å². The van der Waals surface area contributed by atoms with Gasteiger partial charge in [0.15, 0.2) is 0 Å². The molecule has 6 aliphatic rings. The molecule has 0 aromatic carbocycles. The van der Waals surface area contributed by atoms with Gasteiger partial charge >= 0.3 is 0 Å². The Morgan fingerprint density at radius 1 is 0.458 bits per heavy atom. The summed E-state index contributed by atoms with van der Waals surface area (Å²) in [5.41, 5.74) is 0.441. The largest absolute Gasteiger partial charge is 0.396 e. The molecule has 0 aromatic rings. The highest BCUT2D eigenvalue weighted by Crippen LogP contribution is 2.78. The third-order valence-electron chi connectivity index (χ3n) is 9.99. The van der Waals surface area contributed by atoms with E-state index in [0.29, 0.717) is 48.7 Å². The fourth-order valence-corrected chi connectivity index (χ4v) is 9.61. The van der Waals surface area contributed by atoms with Gasteiger partial charge in [0.2, 0.25) is 0 Å². The predicted octanol–water partition coefficient (Wildman–Crippen LogP) is 4.39. The van der Waals surface area contributed by atoms with Crippen LogP contribution in [0.25, 0.3) is 0 Å². The third-order valence-corrected chi connectivity index (χ3v) is 9.99. The van der Waals surface area contributed by atoms with E-state index < -0.39 is 0 Å². The van der Waals surface area contributed by atoms with Crippen LogP contribution in [-0.2, 0) is 0 Å². The maximum Gasteiger partial charge on any atom is 0.0495 e. The Balaban J connectivity index is 1.71. The first-order valence-electron chi connectivity index (χ1n) is 11.0. The first kappa shape index (κ1) is 16.1. The fourth-order valence-electron chi connectivity index (χ4n) is 9.61. The molecule has 0 aromatic heterocycles. The molecule has 0 radical (unpaired) electrons. The second kappa shape index (κ2) is 5.71. The molecule has 24 heavy (non-hydrogen) atoms. The summed E-state index contributed by atoms with van der Waals surface area (Å²) in [5, 5.41) is 21.8. The first-order valence-corrected chi connectivity index (χ1v) is 11.0. The van der Waals surface area contributed by atoms with E-state index in [-0.39, 0.29) is 10.8 Å². The zero-order valence-electron chi connectivity index (χ0n) is 15.3. The van der Waals surface area contributed by atoms with Crippen molar-refractivity contribution in [3.05, 3.63) is 0 Å². The molecule has 6 aliphatic carbocycles. The van der Waals surface area contributed by atoms with Crippen molar-refractivity contribution in [1.29, 1.82) is 0 Å². The first-order chi connectivity index (χ1) is 11.8. The molecule has 6 rings (SSSR count). The summed E-state index contributed by atoms with van der Waals surface area (Å²) in [6.45, 7) is 0.885. The SMILES string of the molecule is OCC12C3CCCCC3C(CO)(C3CCCCC31)C1CCCCC12. The molecule has 0 aliphatic heterocycles. The normalized spacial score (nSPS) is 56.2. The second-order valence-corrected chi connectivity index (χ2v) is 10.0. The predicted molar refractivity (Wildman–Crippen MR) is 95.4 cm³/mol. The van der Waals surface area contributed by atoms with Crippen molar-refractivity contribution in [3.8, 4) is 0 Å². The van der Waals surface area contributed by atoms with Crippen LogP contribution >= 0.6 is 0 Å². The molecule has 0 amide bonds. The lowest BCUT2D eigenvalue weighted by Crippen LogP contribution is -2.74. The minimum atomic E-state index is 0.220. The van der Waals surface area contributed by atoms with Gasteiger partial charge in [-0.3, -0.25) is 0 Å². The maximum absolute atomic E-state index is 10.9. The molecular formula is C22H36O2. The van der Waals surface area contributed by atoms with Gasteiger partial charge in [-0.1, -0.05) is 38.5 Å². The summed E-state index contributed by atoms with van der Waals surface area (Å²) in [6, 6.07) is 0. The Bertz CT molecular complexity index is 380. The van der Waals surface area contributed by atoms with E-state index in [9.17, 15) is 10.2 Å². The standard InChI is InChI=1S/C22H36O2/c23-13-21-15-7-1-2-8-16(15)22(14-24,19-11-5-3-9-17(19)21)20-12-6-4-10-18(20)21/h15-20,23-24H,1-14H2. The lowest BCUT2D eigenvalue weighted by molar-refractivity contribution is -0.314. The highest BCUT2D eigenvalue weighted by Gasteiger charge is 2.74. The highest BCUT2D eigenvalue weighted by molar-refractivity contribution is 5.22. The number of rotatable bonds is 2. The quantitative estimate of drug-likeness (QED) is 0.787. The fraction of sp³-hybridized carbons (Fsp3) is 1.00. The molecule has 0 spiro atoms. The maximum atomic E-state index is 10.9. The van der Waals surface area contributed by atoms with Crippen LogP contribution < -0.4 is 0 Å². The highest BCUT2D eigenvalue weighted by atomic mass is 16.3. The molecular weight excluding hydrogens is 296 g/mol. The summed E-state index contributed by atoms with van der Waals surface area (Å²) in [6.07, 6.45) is 16.2. The van der Waals surface area contributed by atoms with Crippen LogP contribution in [0.15, 0.2) is 0 Å². The Morgan fingerprint density at radius 3 is 0.833 bits per heavy atom. The molecule has 6 unspecified atom stereocenters. The Kier molecular flexibility index (Phi) is 3.83. The van der Waals surface area contributed by atoms with E-state index >= 15 is 0 Å². The van der Waals surface area contributed by atoms with E-state index in [1.807, 2.05) is 0 Å². The average Bonchev–Trinajstić information content (AvgIpc) is 2.67. The van der Waals surface area contributed by atoms with E-state index in [0.717, 1.165) is 0 Å². The van der Waals surface area contributed by atoms with Gasteiger partial charge in [-0.2, -0.15) is 0 Å². The van der Waals surface area contributed by atoms with Gasteiger partial charge < -0.3 is 10.2 Å². The van der Waals surface area contributed by atoms with Crippen molar-refractivity contribution in [3.63, 3.8) is 0 Å². The van der Waals surface area contributed by atoms with E-state index in [2.05, 4.69) is 0 Å². The Labute approximate surface area is 147 Å². The van der Waals surface area contributed by atoms with Crippen LogP contribution in [0.1, 0.15) is 77.0 Å². The van der Waals surface area contributed by atoms with Gasteiger partial charge in [-0.05, 0) is 74.0 Å². The summed E-state index contributed by atoms with van der Waals surface area (Å²) in [7, 11) is 0. The molecule has 2 N–H and O–H groups in total. The van der Waals surface area contributed by atoms with Crippen LogP contribution in [0.2, 0.25) is 0 Å². The van der Waals surface area contributed by atoms with E-state index in [4.69, 9.17) is 0 Å². The van der Waals surface area contributed by atoms with Gasteiger partial charge in [0.1, 0.15) is 0 Å². The minimum absolute atomic E-state index is 0.220. The van der Waals surface area contributed by atoms with Gasteiger partial charge in [0.05, 0.1) is 0 Å².